The molecule has 0 aromatic heterocycles. The molecule has 1 amide bonds. The van der Waals surface area contributed by atoms with Gasteiger partial charge in [0.05, 0.1) is 12.7 Å². The van der Waals surface area contributed by atoms with E-state index in [2.05, 4.69) is 4.90 Å². The Morgan fingerprint density at radius 2 is 1.72 bits per heavy atom. The fraction of sp³-hybridized carbons (Fsp3) is 0.441. The summed E-state index contributed by atoms with van der Waals surface area (Å²) in [6, 6.07) is 17.7. The number of methoxy groups -OCH3 is 1. The van der Waals surface area contributed by atoms with Crippen molar-refractivity contribution in [2.45, 2.75) is 50.4 Å². The van der Waals surface area contributed by atoms with E-state index in [1.807, 2.05) is 29.2 Å². The van der Waals surface area contributed by atoms with Crippen LogP contribution in [0.1, 0.15) is 47.2 Å². The lowest BCUT2D eigenvalue weighted by Crippen LogP contribution is -2.49. The Morgan fingerprint density at radius 1 is 0.977 bits per heavy atom. The number of carbonyl (C=O) groups is 1. The zero-order valence-corrected chi connectivity index (χ0v) is 24.6. The number of aliphatic hydroxyl groups excluding tert-OH is 1. The quantitative estimate of drug-likeness (QED) is 0.361. The first-order valence-electron chi connectivity index (χ1n) is 15.1. The molecule has 0 aliphatic carbocycles. The molecule has 1 atom stereocenters. The maximum Gasteiger partial charge on any atom is 0.257 e. The third-order valence-corrected chi connectivity index (χ3v) is 8.67. The van der Waals surface area contributed by atoms with Gasteiger partial charge in [-0.1, -0.05) is 12.1 Å². The van der Waals surface area contributed by atoms with Gasteiger partial charge in [0.1, 0.15) is 53.7 Å². The number of piperidine rings is 1. The average molecular weight is 591 g/mol. The highest BCUT2D eigenvalue weighted by Crippen LogP contribution is 2.41. The number of aliphatic hydroxyl groups is 1. The van der Waals surface area contributed by atoms with E-state index in [1.54, 1.807) is 37.4 Å². The van der Waals surface area contributed by atoms with Crippen LogP contribution >= 0.6 is 0 Å². The highest BCUT2D eigenvalue weighted by atomic mass is 19.1. The molecule has 2 saturated heterocycles. The highest BCUT2D eigenvalue weighted by molar-refractivity contribution is 5.97. The van der Waals surface area contributed by atoms with Crippen molar-refractivity contribution in [3.05, 3.63) is 83.2 Å². The largest absolute Gasteiger partial charge is 0.497 e. The van der Waals surface area contributed by atoms with Crippen LogP contribution in [0.5, 0.6) is 23.0 Å². The zero-order valence-electron chi connectivity index (χ0n) is 24.6. The molecular weight excluding hydrogens is 551 g/mol. The minimum Gasteiger partial charge on any atom is -0.497 e. The van der Waals surface area contributed by atoms with E-state index in [4.69, 9.17) is 18.9 Å². The molecule has 0 unspecified atom stereocenters. The number of hydrogen-bond donors (Lipinski definition) is 1. The van der Waals surface area contributed by atoms with Crippen molar-refractivity contribution in [2.75, 3.05) is 46.4 Å². The van der Waals surface area contributed by atoms with Gasteiger partial charge in [-0.3, -0.25) is 4.79 Å². The Balaban J connectivity index is 1.06. The Bertz CT molecular complexity index is 1420. The van der Waals surface area contributed by atoms with Crippen LogP contribution in [0, 0.1) is 5.82 Å². The molecule has 6 rings (SSSR count). The van der Waals surface area contributed by atoms with Gasteiger partial charge in [0.15, 0.2) is 0 Å². The van der Waals surface area contributed by atoms with E-state index >= 15 is 0 Å². The number of carbonyl (C=O) groups excluding carboxylic acids is 1. The lowest BCUT2D eigenvalue weighted by Gasteiger charge is -2.39. The van der Waals surface area contributed by atoms with E-state index in [-0.39, 0.29) is 23.9 Å². The average Bonchev–Trinajstić information content (AvgIpc) is 3.68. The van der Waals surface area contributed by atoms with Crippen molar-refractivity contribution in [2.24, 2.45) is 0 Å². The van der Waals surface area contributed by atoms with Gasteiger partial charge in [-0.15, -0.1) is 0 Å². The Kier molecular flexibility index (Phi) is 8.72. The summed E-state index contributed by atoms with van der Waals surface area (Å²) in [5, 5.41) is 10.9. The van der Waals surface area contributed by atoms with Crippen molar-refractivity contribution in [1.29, 1.82) is 0 Å². The van der Waals surface area contributed by atoms with Gasteiger partial charge in [-0.2, -0.15) is 0 Å². The summed E-state index contributed by atoms with van der Waals surface area (Å²) in [6.07, 6.45) is 3.56. The number of rotatable bonds is 10. The SMILES string of the molecule is COc1ccc(COc2ccc(C(=O)N3CCCC3)c(OC[C@@H](O)CN3CCC4(CC3)Cc3cc(F)ccc3O4)c2)cc1. The fourth-order valence-corrected chi connectivity index (χ4v) is 6.23. The molecule has 1 N–H and O–H groups in total. The van der Waals surface area contributed by atoms with Crippen LogP contribution in [0.3, 0.4) is 0 Å². The predicted octanol–water partition coefficient (Wildman–Crippen LogP) is 4.86. The lowest BCUT2D eigenvalue weighted by molar-refractivity contribution is -0.00203. The molecule has 8 nitrogen and oxygen atoms in total. The third kappa shape index (κ3) is 6.89. The monoisotopic (exact) mass is 590 g/mol. The summed E-state index contributed by atoms with van der Waals surface area (Å²) in [4.78, 5) is 17.3. The number of likely N-dealkylation sites (tertiary alicyclic amines) is 2. The van der Waals surface area contributed by atoms with Gasteiger partial charge in [-0.05, 0) is 60.9 Å². The maximum absolute atomic E-state index is 13.7. The van der Waals surface area contributed by atoms with Crippen LogP contribution in [-0.4, -0.2) is 79.0 Å². The van der Waals surface area contributed by atoms with Crippen LogP contribution < -0.4 is 18.9 Å². The van der Waals surface area contributed by atoms with Crippen molar-refractivity contribution < 1.29 is 33.2 Å². The molecular formula is C34H39FN2O6. The molecule has 0 saturated carbocycles. The molecule has 3 aliphatic heterocycles. The van der Waals surface area contributed by atoms with Crippen molar-refractivity contribution in [3.8, 4) is 23.0 Å². The molecule has 9 heteroatoms. The second kappa shape index (κ2) is 12.8. The lowest BCUT2D eigenvalue weighted by atomic mass is 9.87. The molecule has 3 heterocycles. The first kappa shape index (κ1) is 29.3. The summed E-state index contributed by atoms with van der Waals surface area (Å²) in [6.45, 7) is 3.84. The smallest absolute Gasteiger partial charge is 0.257 e. The van der Waals surface area contributed by atoms with Gasteiger partial charge < -0.3 is 33.9 Å². The Labute approximate surface area is 251 Å². The van der Waals surface area contributed by atoms with Crippen LogP contribution in [0.25, 0.3) is 0 Å². The summed E-state index contributed by atoms with van der Waals surface area (Å²) in [5.41, 5.74) is 2.08. The first-order chi connectivity index (χ1) is 20.9. The molecule has 1 spiro atoms. The Hall–Kier alpha value is -3.82. The second-order valence-electron chi connectivity index (χ2n) is 11.8. The maximum atomic E-state index is 13.7. The van der Waals surface area contributed by atoms with Crippen molar-refractivity contribution >= 4 is 5.91 Å². The van der Waals surface area contributed by atoms with Gasteiger partial charge in [0.25, 0.3) is 5.91 Å². The number of nitrogens with zero attached hydrogens (tertiary/aromatic N) is 2. The minimum atomic E-state index is -0.747. The minimum absolute atomic E-state index is 0.0467. The van der Waals surface area contributed by atoms with Gasteiger partial charge in [0, 0.05) is 63.6 Å². The molecule has 228 valence electrons. The summed E-state index contributed by atoms with van der Waals surface area (Å²) in [7, 11) is 1.63. The van der Waals surface area contributed by atoms with E-state index in [9.17, 15) is 14.3 Å². The molecule has 3 aliphatic rings. The highest BCUT2D eigenvalue weighted by Gasteiger charge is 2.42. The van der Waals surface area contributed by atoms with Crippen molar-refractivity contribution in [3.63, 3.8) is 0 Å². The molecule has 43 heavy (non-hydrogen) atoms. The number of fused-ring (bicyclic) bond motifs is 1. The molecule has 2 fully saturated rings. The normalized spacial score (nSPS) is 18.3. The van der Waals surface area contributed by atoms with Crippen LogP contribution in [0.4, 0.5) is 4.39 Å². The number of halogens is 1. The summed E-state index contributed by atoms with van der Waals surface area (Å²) < 4.78 is 37.3. The van der Waals surface area contributed by atoms with Crippen LogP contribution in [0.2, 0.25) is 0 Å². The van der Waals surface area contributed by atoms with E-state index in [1.165, 1.54) is 6.07 Å². The fourth-order valence-electron chi connectivity index (χ4n) is 6.23. The molecule has 3 aromatic rings. The van der Waals surface area contributed by atoms with Gasteiger partial charge in [0.2, 0.25) is 0 Å². The van der Waals surface area contributed by atoms with E-state index in [0.717, 1.165) is 74.5 Å². The number of amides is 1. The summed E-state index contributed by atoms with van der Waals surface area (Å²) >= 11 is 0. The topological polar surface area (TPSA) is 80.7 Å². The summed E-state index contributed by atoms with van der Waals surface area (Å²) in [5.74, 6) is 2.24. The van der Waals surface area contributed by atoms with Crippen molar-refractivity contribution in [1.82, 2.24) is 9.80 Å². The van der Waals surface area contributed by atoms with Gasteiger partial charge >= 0.3 is 0 Å². The number of hydrogen-bond acceptors (Lipinski definition) is 7. The second-order valence-corrected chi connectivity index (χ2v) is 11.8. The number of ether oxygens (including phenoxy) is 4. The number of β-amino-alcohol motifs (C(OH)–C–C–N with tert-alkyl or cyclic N) is 1. The van der Waals surface area contributed by atoms with Crippen LogP contribution in [-0.2, 0) is 13.0 Å². The predicted molar refractivity (Wildman–Crippen MR) is 160 cm³/mol. The molecule has 0 bridgehead atoms. The molecule has 0 radical (unpaired) electrons. The number of benzene rings is 3. The van der Waals surface area contributed by atoms with Crippen LogP contribution in [0.15, 0.2) is 60.7 Å². The first-order valence-corrected chi connectivity index (χ1v) is 15.1. The Morgan fingerprint density at radius 3 is 2.47 bits per heavy atom. The standard InChI is InChI=1S/C34H39FN2O6/c1-40-28-7-4-24(5-8-28)22-41-29-9-10-30(33(39)37-14-2-3-15-37)32(19-29)42-23-27(38)21-36-16-12-34(13-17-36)20-25-18-26(35)6-11-31(25)43-34/h4-11,18-19,27,38H,2-3,12-17,20-23H2,1H3/t27-/m0/s1. The van der Waals surface area contributed by atoms with E-state index in [0.29, 0.717) is 36.6 Å². The van der Waals surface area contributed by atoms with E-state index < -0.39 is 6.10 Å². The van der Waals surface area contributed by atoms with Gasteiger partial charge in [-0.25, -0.2) is 4.39 Å². The third-order valence-electron chi connectivity index (χ3n) is 8.67. The zero-order chi connectivity index (χ0) is 29.8. The molecule has 3 aromatic carbocycles.